The average Bonchev–Trinajstić information content (AvgIpc) is 2.85. The molecular weight excluding hydrogens is 456 g/mol. The lowest BCUT2D eigenvalue weighted by atomic mass is 9.92. The molecule has 3 N–H and O–H groups in total. The first-order chi connectivity index (χ1) is 17.4. The van der Waals surface area contributed by atoms with Crippen molar-refractivity contribution in [2.45, 2.75) is 65.2 Å². The van der Waals surface area contributed by atoms with E-state index in [4.69, 9.17) is 0 Å². The van der Waals surface area contributed by atoms with Crippen molar-refractivity contribution in [2.75, 3.05) is 31.5 Å². The molecule has 0 unspecified atom stereocenters. The van der Waals surface area contributed by atoms with Crippen molar-refractivity contribution in [1.82, 2.24) is 15.5 Å². The van der Waals surface area contributed by atoms with Crippen LogP contribution in [0.2, 0.25) is 0 Å². The summed E-state index contributed by atoms with van der Waals surface area (Å²) in [5, 5.41) is 10.7. The lowest BCUT2D eigenvalue weighted by molar-refractivity contribution is -0.119. The number of anilines is 1. The fraction of sp³-hybridized carbons (Fsp3) is 0.500. The first-order valence-corrected chi connectivity index (χ1v) is 13.0. The maximum Gasteiger partial charge on any atom is 0.261 e. The number of rotatable bonds is 15. The molecule has 2 aromatic carbocycles. The molecule has 1 heterocycles. The van der Waals surface area contributed by atoms with Crippen molar-refractivity contribution in [3.8, 4) is 0 Å². The third kappa shape index (κ3) is 7.29. The molecule has 2 aromatic rings. The monoisotopic (exact) mass is 494 g/mol. The highest BCUT2D eigenvalue weighted by Crippen LogP contribution is 2.34. The van der Waals surface area contributed by atoms with Crippen molar-refractivity contribution in [3.05, 3.63) is 41.5 Å². The Hall–Kier alpha value is -3.42. The Bertz CT molecular complexity index is 1080. The van der Waals surface area contributed by atoms with E-state index in [-0.39, 0.29) is 23.6 Å². The molecule has 0 atom stereocenters. The molecule has 194 valence electrons. The van der Waals surface area contributed by atoms with Crippen LogP contribution in [-0.2, 0) is 9.59 Å². The molecule has 0 spiro atoms. The van der Waals surface area contributed by atoms with Gasteiger partial charge < -0.3 is 16.0 Å². The number of carbonyl (C=O) groups is 4. The second kappa shape index (κ2) is 13.6. The van der Waals surface area contributed by atoms with Gasteiger partial charge in [-0.25, -0.2) is 0 Å². The summed E-state index contributed by atoms with van der Waals surface area (Å²) in [5.41, 5.74) is 2.09. The molecule has 36 heavy (non-hydrogen) atoms. The number of imide groups is 1. The number of unbranched alkanes of at least 4 members (excludes halogenated alkanes) is 6. The maximum atomic E-state index is 13.2. The van der Waals surface area contributed by atoms with E-state index in [9.17, 15) is 19.2 Å². The lowest BCUT2D eigenvalue weighted by Crippen LogP contribution is -2.40. The summed E-state index contributed by atoms with van der Waals surface area (Å²) in [4.78, 5) is 49.6. The average molecular weight is 495 g/mol. The summed E-state index contributed by atoms with van der Waals surface area (Å²) in [6.07, 6.45) is 7.55. The quantitative estimate of drug-likeness (QED) is 0.254. The summed E-state index contributed by atoms with van der Waals surface area (Å²) in [5.74, 6) is -0.476. The lowest BCUT2D eigenvalue weighted by Gasteiger charge is -2.28. The molecule has 0 aliphatic carbocycles. The molecule has 8 heteroatoms. The third-order valence-corrected chi connectivity index (χ3v) is 6.47. The summed E-state index contributed by atoms with van der Waals surface area (Å²) < 4.78 is 0. The van der Waals surface area contributed by atoms with E-state index in [1.165, 1.54) is 18.7 Å². The van der Waals surface area contributed by atoms with Crippen molar-refractivity contribution >= 4 is 40.1 Å². The Kier molecular flexibility index (Phi) is 10.3. The Labute approximate surface area is 213 Å². The van der Waals surface area contributed by atoms with Crippen LogP contribution in [0.1, 0.15) is 85.9 Å². The number of amides is 4. The second-order valence-corrected chi connectivity index (χ2v) is 9.37. The van der Waals surface area contributed by atoms with E-state index in [1.54, 1.807) is 6.07 Å². The first kappa shape index (κ1) is 27.2. The van der Waals surface area contributed by atoms with E-state index in [0.29, 0.717) is 24.2 Å². The SMILES string of the molecule is CC(=O)NCCCCCCNc1ccc2c3c(cccc13)C(=O)N(CCCCCCNC(C)=O)C2=O. The van der Waals surface area contributed by atoms with E-state index < -0.39 is 0 Å². The van der Waals surface area contributed by atoms with Crippen LogP contribution in [0, 0.1) is 0 Å². The fourth-order valence-electron chi connectivity index (χ4n) is 4.61. The van der Waals surface area contributed by atoms with Gasteiger partial charge in [0, 0.05) is 67.6 Å². The Morgan fingerprint density at radius 3 is 1.86 bits per heavy atom. The van der Waals surface area contributed by atoms with E-state index >= 15 is 0 Å². The molecule has 0 saturated carbocycles. The topological polar surface area (TPSA) is 108 Å². The van der Waals surface area contributed by atoms with Crippen molar-refractivity contribution in [1.29, 1.82) is 0 Å². The van der Waals surface area contributed by atoms with Gasteiger partial charge in [0.15, 0.2) is 0 Å². The van der Waals surface area contributed by atoms with Gasteiger partial charge >= 0.3 is 0 Å². The number of hydrogen-bond acceptors (Lipinski definition) is 5. The minimum atomic E-state index is -0.229. The standard InChI is InChI=1S/C28H38N4O4/c1-20(33)29-16-7-3-4-9-18-31-25-15-14-24-26-22(25)12-11-13-23(26)27(35)32(28(24)36)19-10-6-5-8-17-30-21(2)34/h11-15,31H,3-10,16-19H2,1-2H3,(H,29,33)(H,30,34). The van der Waals surface area contributed by atoms with Gasteiger partial charge in [-0.05, 0) is 43.9 Å². The third-order valence-electron chi connectivity index (χ3n) is 6.47. The van der Waals surface area contributed by atoms with E-state index in [1.807, 2.05) is 24.3 Å². The molecule has 0 bridgehead atoms. The van der Waals surface area contributed by atoms with Crippen molar-refractivity contribution < 1.29 is 19.2 Å². The summed E-state index contributed by atoms with van der Waals surface area (Å²) in [6.45, 7) is 5.61. The molecular formula is C28H38N4O4. The summed E-state index contributed by atoms with van der Waals surface area (Å²) in [6, 6.07) is 9.41. The number of nitrogens with zero attached hydrogens (tertiary/aromatic N) is 1. The van der Waals surface area contributed by atoms with Gasteiger partial charge in [0.05, 0.1) is 0 Å². The van der Waals surface area contributed by atoms with Gasteiger partial charge in [-0.2, -0.15) is 0 Å². The minimum absolute atomic E-state index is 0.00911. The molecule has 3 rings (SSSR count). The van der Waals surface area contributed by atoms with Crippen LogP contribution in [0.4, 0.5) is 5.69 Å². The molecule has 0 radical (unpaired) electrons. The Balaban J connectivity index is 1.55. The molecule has 4 amide bonds. The number of hydrogen-bond donors (Lipinski definition) is 3. The zero-order valence-corrected chi connectivity index (χ0v) is 21.5. The van der Waals surface area contributed by atoms with Gasteiger partial charge in [0.25, 0.3) is 11.8 Å². The van der Waals surface area contributed by atoms with Crippen LogP contribution in [0.15, 0.2) is 30.3 Å². The van der Waals surface area contributed by atoms with Crippen LogP contribution < -0.4 is 16.0 Å². The Morgan fingerprint density at radius 1 is 0.694 bits per heavy atom. The van der Waals surface area contributed by atoms with E-state index in [2.05, 4.69) is 16.0 Å². The van der Waals surface area contributed by atoms with Gasteiger partial charge in [0.2, 0.25) is 11.8 Å². The highest BCUT2D eigenvalue weighted by Gasteiger charge is 2.32. The molecule has 1 aliphatic rings. The zero-order chi connectivity index (χ0) is 25.9. The van der Waals surface area contributed by atoms with Crippen molar-refractivity contribution in [3.63, 3.8) is 0 Å². The van der Waals surface area contributed by atoms with E-state index in [0.717, 1.165) is 80.9 Å². The van der Waals surface area contributed by atoms with Crippen LogP contribution in [0.5, 0.6) is 0 Å². The minimum Gasteiger partial charge on any atom is -0.385 e. The van der Waals surface area contributed by atoms with Gasteiger partial charge in [-0.15, -0.1) is 0 Å². The second-order valence-electron chi connectivity index (χ2n) is 9.37. The maximum absolute atomic E-state index is 13.2. The molecule has 0 fully saturated rings. The summed E-state index contributed by atoms with van der Waals surface area (Å²) >= 11 is 0. The largest absolute Gasteiger partial charge is 0.385 e. The van der Waals surface area contributed by atoms with Crippen LogP contribution in [0.3, 0.4) is 0 Å². The van der Waals surface area contributed by atoms with Crippen LogP contribution >= 0.6 is 0 Å². The fourth-order valence-corrected chi connectivity index (χ4v) is 4.61. The predicted octanol–water partition coefficient (Wildman–Crippen LogP) is 4.24. The van der Waals surface area contributed by atoms with Gasteiger partial charge in [-0.3, -0.25) is 24.1 Å². The highest BCUT2D eigenvalue weighted by molar-refractivity contribution is 6.26. The number of nitrogens with one attached hydrogen (secondary N) is 3. The summed E-state index contributed by atoms with van der Waals surface area (Å²) in [7, 11) is 0. The van der Waals surface area contributed by atoms with Gasteiger partial charge in [0.1, 0.15) is 0 Å². The Morgan fingerprint density at radius 2 is 1.25 bits per heavy atom. The van der Waals surface area contributed by atoms with Crippen LogP contribution in [0.25, 0.3) is 10.8 Å². The molecule has 0 aromatic heterocycles. The smallest absolute Gasteiger partial charge is 0.261 e. The van der Waals surface area contributed by atoms with Crippen molar-refractivity contribution in [2.24, 2.45) is 0 Å². The number of carbonyl (C=O) groups excluding carboxylic acids is 4. The highest BCUT2D eigenvalue weighted by atomic mass is 16.2. The predicted molar refractivity (Wildman–Crippen MR) is 142 cm³/mol. The zero-order valence-electron chi connectivity index (χ0n) is 21.5. The molecule has 8 nitrogen and oxygen atoms in total. The normalized spacial score (nSPS) is 12.7. The van der Waals surface area contributed by atoms with Crippen LogP contribution in [-0.4, -0.2) is 54.7 Å². The molecule has 1 aliphatic heterocycles. The van der Waals surface area contributed by atoms with Gasteiger partial charge in [-0.1, -0.05) is 37.8 Å². The number of benzene rings is 2. The first-order valence-electron chi connectivity index (χ1n) is 13.0. The molecule has 0 saturated heterocycles.